The van der Waals surface area contributed by atoms with Gasteiger partial charge in [-0.25, -0.2) is 0 Å². The summed E-state index contributed by atoms with van der Waals surface area (Å²) in [5.74, 6) is 0.0345. The summed E-state index contributed by atoms with van der Waals surface area (Å²) in [5.41, 5.74) is -1.06. The Bertz CT molecular complexity index is 409. The monoisotopic (exact) mass is 254 g/mol. The van der Waals surface area contributed by atoms with Crippen LogP contribution < -0.4 is 0 Å². The second-order valence-electron chi connectivity index (χ2n) is 7.29. The summed E-state index contributed by atoms with van der Waals surface area (Å²) in [6, 6.07) is 0. The van der Waals surface area contributed by atoms with Crippen LogP contribution >= 0.6 is 0 Å². The lowest BCUT2D eigenvalue weighted by Crippen LogP contribution is -2.48. The average Bonchev–Trinajstić information content (AvgIpc) is 2.83. The van der Waals surface area contributed by atoms with Crippen molar-refractivity contribution in [3.63, 3.8) is 0 Å². The first-order valence-corrected chi connectivity index (χ1v) is 6.78. The molecule has 3 rings (SSSR count). The summed E-state index contributed by atoms with van der Waals surface area (Å²) >= 11 is 0. The standard InChI is InChI=1S/C14H22O4/c1-12(6-15)3-8-9(4-12)13(2)5-14(13,7-16)11(18)10(8)17/h8-10,15-17H,3-7H2,1-2H3. The van der Waals surface area contributed by atoms with Crippen molar-refractivity contribution in [2.45, 2.75) is 39.2 Å². The zero-order chi connectivity index (χ0) is 13.3. The van der Waals surface area contributed by atoms with E-state index in [1.165, 1.54) is 0 Å². The Morgan fingerprint density at radius 2 is 1.89 bits per heavy atom. The highest BCUT2D eigenvalue weighted by atomic mass is 16.3. The van der Waals surface area contributed by atoms with Crippen LogP contribution in [0, 0.1) is 28.1 Å². The minimum absolute atomic E-state index is 0.0400. The molecule has 3 aliphatic carbocycles. The van der Waals surface area contributed by atoms with Gasteiger partial charge in [0, 0.05) is 6.61 Å². The maximum atomic E-state index is 12.3. The lowest BCUT2D eigenvalue weighted by atomic mass is 9.67. The Morgan fingerprint density at radius 1 is 1.22 bits per heavy atom. The molecule has 0 spiro atoms. The third-order valence-corrected chi connectivity index (χ3v) is 6.21. The number of ketones is 1. The van der Waals surface area contributed by atoms with E-state index < -0.39 is 11.5 Å². The van der Waals surface area contributed by atoms with Gasteiger partial charge in [0.1, 0.15) is 6.10 Å². The fourth-order valence-corrected chi connectivity index (χ4v) is 4.86. The Labute approximate surface area is 107 Å². The number of carbonyl (C=O) groups excluding carboxylic acids is 1. The van der Waals surface area contributed by atoms with E-state index in [1.807, 2.05) is 6.92 Å². The fourth-order valence-electron chi connectivity index (χ4n) is 4.86. The molecular weight excluding hydrogens is 232 g/mol. The maximum absolute atomic E-state index is 12.3. The number of hydrogen-bond donors (Lipinski definition) is 3. The van der Waals surface area contributed by atoms with E-state index in [2.05, 4.69) is 6.92 Å². The van der Waals surface area contributed by atoms with Gasteiger partial charge in [0.2, 0.25) is 0 Å². The third-order valence-electron chi connectivity index (χ3n) is 6.21. The van der Waals surface area contributed by atoms with Gasteiger partial charge in [-0.3, -0.25) is 4.79 Å². The molecule has 6 atom stereocenters. The van der Waals surface area contributed by atoms with Gasteiger partial charge >= 0.3 is 0 Å². The summed E-state index contributed by atoms with van der Waals surface area (Å²) in [7, 11) is 0. The first-order chi connectivity index (χ1) is 8.33. The van der Waals surface area contributed by atoms with Gasteiger partial charge in [0.05, 0.1) is 12.0 Å². The quantitative estimate of drug-likeness (QED) is 0.664. The highest BCUT2D eigenvalue weighted by Crippen LogP contribution is 2.76. The lowest BCUT2D eigenvalue weighted by molar-refractivity contribution is -0.146. The van der Waals surface area contributed by atoms with Crippen LogP contribution in [0.15, 0.2) is 0 Å². The highest BCUT2D eigenvalue weighted by molar-refractivity contribution is 5.94. The third kappa shape index (κ3) is 1.19. The van der Waals surface area contributed by atoms with Crippen molar-refractivity contribution in [3.05, 3.63) is 0 Å². The molecule has 102 valence electrons. The number of carbonyl (C=O) groups is 1. The number of aliphatic hydroxyl groups is 3. The SMILES string of the molecule is CC1(CO)CC2C(O)C(=O)C3(CO)CC3(C)C2C1. The Hall–Kier alpha value is -0.450. The predicted octanol–water partition coefficient (Wildman–Crippen LogP) is 0.343. The molecule has 0 aromatic rings. The normalized spacial score (nSPS) is 58.3. The maximum Gasteiger partial charge on any atom is 0.170 e. The summed E-state index contributed by atoms with van der Waals surface area (Å²) in [4.78, 5) is 12.3. The summed E-state index contributed by atoms with van der Waals surface area (Å²) in [6.07, 6.45) is 1.29. The first kappa shape index (κ1) is 12.6. The van der Waals surface area contributed by atoms with Gasteiger partial charge in [-0.1, -0.05) is 13.8 Å². The van der Waals surface area contributed by atoms with Gasteiger partial charge in [-0.2, -0.15) is 0 Å². The zero-order valence-corrected chi connectivity index (χ0v) is 11.0. The molecule has 0 heterocycles. The molecule has 4 nitrogen and oxygen atoms in total. The Kier molecular flexibility index (Phi) is 2.34. The molecule has 6 unspecified atom stereocenters. The van der Waals surface area contributed by atoms with Gasteiger partial charge < -0.3 is 15.3 Å². The van der Waals surface area contributed by atoms with E-state index in [9.17, 15) is 20.1 Å². The highest BCUT2D eigenvalue weighted by Gasteiger charge is 2.78. The lowest BCUT2D eigenvalue weighted by Gasteiger charge is -2.38. The molecule has 3 N–H and O–H groups in total. The van der Waals surface area contributed by atoms with Gasteiger partial charge in [-0.05, 0) is 41.9 Å². The number of fused-ring (bicyclic) bond motifs is 3. The number of rotatable bonds is 2. The van der Waals surface area contributed by atoms with Crippen molar-refractivity contribution in [1.82, 2.24) is 0 Å². The molecule has 3 saturated carbocycles. The van der Waals surface area contributed by atoms with E-state index >= 15 is 0 Å². The van der Waals surface area contributed by atoms with Crippen LogP contribution in [0.1, 0.15) is 33.1 Å². The molecule has 4 heteroatoms. The fraction of sp³-hybridized carbons (Fsp3) is 0.929. The molecular formula is C14H22O4. The van der Waals surface area contributed by atoms with Gasteiger partial charge in [-0.15, -0.1) is 0 Å². The van der Waals surface area contributed by atoms with Crippen LogP contribution in [0.2, 0.25) is 0 Å². The number of Topliss-reactive ketones (excluding diaryl/α,β-unsaturated/α-hetero) is 1. The number of aliphatic hydroxyl groups excluding tert-OH is 3. The minimum Gasteiger partial charge on any atom is -0.396 e. The molecule has 0 bridgehead atoms. The van der Waals surface area contributed by atoms with Crippen LogP contribution in [-0.2, 0) is 4.79 Å². The van der Waals surface area contributed by atoms with Gasteiger partial charge in [0.15, 0.2) is 5.78 Å². The smallest absolute Gasteiger partial charge is 0.170 e. The average molecular weight is 254 g/mol. The van der Waals surface area contributed by atoms with Crippen molar-refractivity contribution < 1.29 is 20.1 Å². The Morgan fingerprint density at radius 3 is 2.44 bits per heavy atom. The molecule has 18 heavy (non-hydrogen) atoms. The van der Waals surface area contributed by atoms with Crippen molar-refractivity contribution >= 4 is 5.78 Å². The summed E-state index contributed by atoms with van der Waals surface area (Å²) in [6.45, 7) is 4.03. The van der Waals surface area contributed by atoms with Crippen LogP contribution in [0.4, 0.5) is 0 Å². The van der Waals surface area contributed by atoms with E-state index in [1.54, 1.807) is 0 Å². The molecule has 3 aliphatic rings. The van der Waals surface area contributed by atoms with E-state index in [4.69, 9.17) is 0 Å². The molecule has 0 aromatic carbocycles. The molecule has 0 aromatic heterocycles. The van der Waals surface area contributed by atoms with Crippen LogP contribution in [0.3, 0.4) is 0 Å². The zero-order valence-electron chi connectivity index (χ0n) is 11.0. The van der Waals surface area contributed by atoms with Crippen molar-refractivity contribution in [2.75, 3.05) is 13.2 Å². The largest absolute Gasteiger partial charge is 0.396 e. The number of hydrogen-bond acceptors (Lipinski definition) is 4. The topological polar surface area (TPSA) is 77.8 Å². The molecule has 0 aliphatic heterocycles. The van der Waals surface area contributed by atoms with Crippen molar-refractivity contribution in [2.24, 2.45) is 28.1 Å². The second-order valence-corrected chi connectivity index (χ2v) is 7.29. The summed E-state index contributed by atoms with van der Waals surface area (Å²) in [5, 5.41) is 29.3. The van der Waals surface area contributed by atoms with E-state index in [0.29, 0.717) is 12.8 Å². The van der Waals surface area contributed by atoms with E-state index in [0.717, 1.165) is 6.42 Å². The van der Waals surface area contributed by atoms with Crippen molar-refractivity contribution in [3.8, 4) is 0 Å². The van der Waals surface area contributed by atoms with E-state index in [-0.39, 0.29) is 41.7 Å². The molecule has 0 amide bonds. The Balaban J connectivity index is 1.98. The molecule has 0 radical (unpaired) electrons. The predicted molar refractivity (Wildman–Crippen MR) is 64.7 cm³/mol. The minimum atomic E-state index is -0.953. The van der Waals surface area contributed by atoms with Crippen molar-refractivity contribution in [1.29, 1.82) is 0 Å². The van der Waals surface area contributed by atoms with Crippen LogP contribution in [0.5, 0.6) is 0 Å². The second kappa shape index (κ2) is 3.35. The first-order valence-electron chi connectivity index (χ1n) is 6.78. The summed E-state index contributed by atoms with van der Waals surface area (Å²) < 4.78 is 0. The van der Waals surface area contributed by atoms with Crippen LogP contribution in [-0.4, -0.2) is 40.4 Å². The van der Waals surface area contributed by atoms with Gasteiger partial charge in [0.25, 0.3) is 0 Å². The molecule has 3 fully saturated rings. The van der Waals surface area contributed by atoms with Crippen LogP contribution in [0.25, 0.3) is 0 Å². The molecule has 0 saturated heterocycles.